The largest absolute Gasteiger partial charge is 0.507 e. The number of ketones is 1. The molecule has 25 heavy (non-hydrogen) atoms. The van der Waals surface area contributed by atoms with Gasteiger partial charge < -0.3 is 9.84 Å². The van der Waals surface area contributed by atoms with Gasteiger partial charge in [-0.3, -0.25) is 25.2 Å². The topological polar surface area (TPSA) is 105 Å². The SMILES string of the molecule is COc1ccc(/C(O)=C\C(=O)C(=O)NNC(=O)c2ccccc2)cc1. The van der Waals surface area contributed by atoms with Gasteiger partial charge in [0.05, 0.1) is 7.11 Å². The smallest absolute Gasteiger partial charge is 0.310 e. The highest BCUT2D eigenvalue weighted by atomic mass is 16.5. The lowest BCUT2D eigenvalue weighted by Crippen LogP contribution is -2.44. The second kappa shape index (κ2) is 8.30. The Labute approximate surface area is 143 Å². The minimum atomic E-state index is -1.08. The van der Waals surface area contributed by atoms with Crippen LogP contribution in [0.2, 0.25) is 0 Å². The Morgan fingerprint density at radius 1 is 0.920 bits per heavy atom. The fourth-order valence-electron chi connectivity index (χ4n) is 1.87. The second-order valence-electron chi connectivity index (χ2n) is 4.90. The number of rotatable bonds is 5. The number of amides is 2. The minimum Gasteiger partial charge on any atom is -0.507 e. The van der Waals surface area contributed by atoms with Gasteiger partial charge in [-0.15, -0.1) is 0 Å². The van der Waals surface area contributed by atoms with E-state index in [1.165, 1.54) is 19.2 Å². The highest BCUT2D eigenvalue weighted by Crippen LogP contribution is 2.16. The molecule has 0 aromatic heterocycles. The fourth-order valence-corrected chi connectivity index (χ4v) is 1.87. The van der Waals surface area contributed by atoms with Gasteiger partial charge in [-0.2, -0.15) is 0 Å². The molecule has 0 unspecified atom stereocenters. The van der Waals surface area contributed by atoms with Gasteiger partial charge in [0.1, 0.15) is 11.5 Å². The van der Waals surface area contributed by atoms with Crippen LogP contribution in [0.5, 0.6) is 5.75 Å². The molecule has 2 aromatic carbocycles. The van der Waals surface area contributed by atoms with E-state index in [1.54, 1.807) is 42.5 Å². The number of carbonyl (C=O) groups excluding carboxylic acids is 3. The van der Waals surface area contributed by atoms with E-state index in [-0.39, 0.29) is 5.76 Å². The minimum absolute atomic E-state index is 0.326. The third-order valence-corrected chi connectivity index (χ3v) is 3.20. The Bertz CT molecular complexity index is 798. The Kier molecular flexibility index (Phi) is 5.89. The third-order valence-electron chi connectivity index (χ3n) is 3.20. The quantitative estimate of drug-likeness (QED) is 0.332. The molecule has 0 saturated heterocycles. The summed E-state index contributed by atoms with van der Waals surface area (Å²) in [4.78, 5) is 35.2. The summed E-state index contributed by atoms with van der Waals surface area (Å²) < 4.78 is 4.99. The first-order valence-corrected chi connectivity index (χ1v) is 7.26. The first-order valence-electron chi connectivity index (χ1n) is 7.26. The van der Waals surface area contributed by atoms with Crippen LogP contribution in [0, 0.1) is 0 Å². The van der Waals surface area contributed by atoms with Gasteiger partial charge in [-0.25, -0.2) is 0 Å². The molecule has 0 bridgehead atoms. The summed E-state index contributed by atoms with van der Waals surface area (Å²) >= 11 is 0. The van der Waals surface area contributed by atoms with Crippen molar-refractivity contribution < 1.29 is 24.2 Å². The van der Waals surface area contributed by atoms with Crippen LogP contribution in [0.25, 0.3) is 5.76 Å². The lowest BCUT2D eigenvalue weighted by molar-refractivity contribution is -0.135. The molecular weight excluding hydrogens is 324 g/mol. The lowest BCUT2D eigenvalue weighted by Gasteiger charge is -2.06. The van der Waals surface area contributed by atoms with Crippen LogP contribution in [0.1, 0.15) is 15.9 Å². The molecule has 2 amide bonds. The Morgan fingerprint density at radius 3 is 2.16 bits per heavy atom. The van der Waals surface area contributed by atoms with E-state index in [9.17, 15) is 19.5 Å². The fraction of sp³-hybridized carbons (Fsp3) is 0.0556. The van der Waals surface area contributed by atoms with E-state index in [0.717, 1.165) is 6.08 Å². The maximum absolute atomic E-state index is 11.8. The molecular formula is C18H16N2O5. The van der Waals surface area contributed by atoms with Crippen molar-refractivity contribution in [3.8, 4) is 5.75 Å². The molecule has 0 fully saturated rings. The molecule has 128 valence electrons. The maximum atomic E-state index is 11.8. The van der Waals surface area contributed by atoms with Crippen LogP contribution >= 0.6 is 0 Å². The molecule has 7 nitrogen and oxygen atoms in total. The summed E-state index contributed by atoms with van der Waals surface area (Å²) in [5, 5.41) is 9.89. The van der Waals surface area contributed by atoms with Crippen LogP contribution < -0.4 is 15.6 Å². The monoisotopic (exact) mass is 340 g/mol. The van der Waals surface area contributed by atoms with Crippen molar-refractivity contribution in [3.05, 3.63) is 71.8 Å². The van der Waals surface area contributed by atoms with E-state index < -0.39 is 17.6 Å². The molecule has 0 aliphatic heterocycles. The van der Waals surface area contributed by atoms with Gasteiger partial charge in [0.25, 0.3) is 5.91 Å². The van der Waals surface area contributed by atoms with Gasteiger partial charge >= 0.3 is 5.91 Å². The number of methoxy groups -OCH3 is 1. The summed E-state index contributed by atoms with van der Waals surface area (Å²) in [7, 11) is 1.50. The van der Waals surface area contributed by atoms with Crippen molar-refractivity contribution in [1.29, 1.82) is 0 Å². The van der Waals surface area contributed by atoms with Crippen molar-refractivity contribution in [1.82, 2.24) is 10.9 Å². The predicted molar refractivity (Wildman–Crippen MR) is 90.7 cm³/mol. The van der Waals surface area contributed by atoms with Gasteiger partial charge in [-0.1, -0.05) is 18.2 Å². The third kappa shape index (κ3) is 4.93. The molecule has 0 radical (unpaired) electrons. The molecule has 3 N–H and O–H groups in total. The number of hydrazine groups is 1. The Balaban J connectivity index is 1.94. The second-order valence-corrected chi connectivity index (χ2v) is 4.90. The molecule has 7 heteroatoms. The number of benzene rings is 2. The van der Waals surface area contributed by atoms with Gasteiger partial charge in [-0.05, 0) is 36.4 Å². The average Bonchev–Trinajstić information content (AvgIpc) is 2.66. The van der Waals surface area contributed by atoms with Crippen molar-refractivity contribution in [2.75, 3.05) is 7.11 Å². The van der Waals surface area contributed by atoms with Crippen LogP contribution in [0.3, 0.4) is 0 Å². The van der Waals surface area contributed by atoms with Crippen molar-refractivity contribution >= 4 is 23.4 Å². The standard InChI is InChI=1S/C18H16N2O5/c1-25-14-9-7-12(8-10-14)15(21)11-16(22)18(24)20-19-17(23)13-5-3-2-4-6-13/h2-11,21H,1H3,(H,19,23)(H,20,24)/b15-11+. The summed E-state index contributed by atoms with van der Waals surface area (Å²) in [6.07, 6.45) is 0.770. The van der Waals surface area contributed by atoms with Gasteiger partial charge in [0.15, 0.2) is 0 Å². The zero-order chi connectivity index (χ0) is 18.2. The number of hydrogen-bond acceptors (Lipinski definition) is 5. The Hall–Kier alpha value is -3.61. The van der Waals surface area contributed by atoms with Gasteiger partial charge in [0, 0.05) is 17.2 Å². The number of ether oxygens (including phenoxy) is 1. The molecule has 2 rings (SSSR count). The van der Waals surface area contributed by atoms with E-state index in [0.29, 0.717) is 16.9 Å². The maximum Gasteiger partial charge on any atom is 0.310 e. The normalized spacial score (nSPS) is 10.7. The van der Waals surface area contributed by atoms with Crippen molar-refractivity contribution in [2.45, 2.75) is 0 Å². The number of carbonyl (C=O) groups is 3. The van der Waals surface area contributed by atoms with Crippen LogP contribution in [-0.2, 0) is 9.59 Å². The van der Waals surface area contributed by atoms with E-state index >= 15 is 0 Å². The zero-order valence-electron chi connectivity index (χ0n) is 13.4. The van der Waals surface area contributed by atoms with Crippen LogP contribution in [0.4, 0.5) is 0 Å². The average molecular weight is 340 g/mol. The van der Waals surface area contributed by atoms with E-state index in [4.69, 9.17) is 4.74 Å². The number of aliphatic hydroxyl groups excluding tert-OH is 1. The van der Waals surface area contributed by atoms with E-state index in [2.05, 4.69) is 5.43 Å². The summed E-state index contributed by atoms with van der Waals surface area (Å²) in [5.74, 6) is -2.45. The summed E-state index contributed by atoms with van der Waals surface area (Å²) in [5.41, 5.74) is 4.78. The zero-order valence-corrected chi connectivity index (χ0v) is 13.4. The molecule has 0 heterocycles. The molecule has 0 atom stereocenters. The summed E-state index contributed by atoms with van der Waals surface area (Å²) in [6.45, 7) is 0. The molecule has 0 saturated carbocycles. The predicted octanol–water partition coefficient (Wildman–Crippen LogP) is 1.62. The van der Waals surface area contributed by atoms with Crippen LogP contribution in [0.15, 0.2) is 60.7 Å². The highest BCUT2D eigenvalue weighted by Gasteiger charge is 2.14. The first-order chi connectivity index (χ1) is 12.0. The first kappa shape index (κ1) is 17.7. The van der Waals surface area contributed by atoms with Crippen LogP contribution in [-0.4, -0.2) is 29.8 Å². The molecule has 0 aliphatic carbocycles. The van der Waals surface area contributed by atoms with Crippen molar-refractivity contribution in [3.63, 3.8) is 0 Å². The van der Waals surface area contributed by atoms with Crippen molar-refractivity contribution in [2.24, 2.45) is 0 Å². The highest BCUT2D eigenvalue weighted by molar-refractivity contribution is 6.41. The number of nitrogens with one attached hydrogen (secondary N) is 2. The lowest BCUT2D eigenvalue weighted by atomic mass is 10.1. The summed E-state index contributed by atoms with van der Waals surface area (Å²) in [6, 6.07) is 14.5. The van der Waals surface area contributed by atoms with E-state index in [1.807, 2.05) is 5.43 Å². The number of hydrogen-bond donors (Lipinski definition) is 3. The molecule has 2 aromatic rings. The molecule has 0 aliphatic rings. The molecule has 0 spiro atoms. The number of aliphatic hydroxyl groups is 1. The van der Waals surface area contributed by atoms with Gasteiger partial charge in [0.2, 0.25) is 5.78 Å². The Morgan fingerprint density at radius 2 is 1.56 bits per heavy atom.